The van der Waals surface area contributed by atoms with Gasteiger partial charge in [-0.2, -0.15) is 13.2 Å². The van der Waals surface area contributed by atoms with Crippen molar-refractivity contribution in [2.24, 2.45) is 0 Å². The molecular formula is C18H16F3NO5. The van der Waals surface area contributed by atoms with Crippen LogP contribution in [0.2, 0.25) is 0 Å². The van der Waals surface area contributed by atoms with E-state index in [-0.39, 0.29) is 18.0 Å². The Morgan fingerprint density at radius 3 is 2.15 bits per heavy atom. The Morgan fingerprint density at radius 2 is 1.63 bits per heavy atom. The van der Waals surface area contributed by atoms with Crippen molar-refractivity contribution in [3.63, 3.8) is 0 Å². The first-order valence-electron chi connectivity index (χ1n) is 7.79. The lowest BCUT2D eigenvalue weighted by atomic mass is 9.93. The Morgan fingerprint density at radius 1 is 1.04 bits per heavy atom. The zero-order valence-electron chi connectivity index (χ0n) is 14.1. The molecule has 0 heterocycles. The van der Waals surface area contributed by atoms with Crippen molar-refractivity contribution in [1.29, 1.82) is 0 Å². The Labute approximate surface area is 152 Å². The number of hydrogen-bond donors (Lipinski definition) is 2. The maximum atomic E-state index is 13.3. The largest absolute Gasteiger partial charge is 0.463 e. The molecule has 2 aromatic rings. The number of nitrogens with one attached hydrogen (secondary N) is 1. The van der Waals surface area contributed by atoms with Crippen molar-refractivity contribution in [3.8, 4) is 5.75 Å². The normalized spacial score (nSPS) is 13.4. The number of para-hydroxylation sites is 1. The fourth-order valence-corrected chi connectivity index (χ4v) is 2.17. The number of ether oxygens (including phenoxy) is 2. The van der Waals surface area contributed by atoms with Crippen LogP contribution in [0.15, 0.2) is 54.6 Å². The third-order valence-electron chi connectivity index (χ3n) is 3.48. The van der Waals surface area contributed by atoms with Gasteiger partial charge >= 0.3 is 18.2 Å². The lowest BCUT2D eigenvalue weighted by Crippen LogP contribution is -2.50. The molecule has 1 atom stereocenters. The molecule has 0 aliphatic carbocycles. The molecule has 0 radical (unpaired) electrons. The first kappa shape index (κ1) is 20.2. The van der Waals surface area contributed by atoms with Gasteiger partial charge in [0.05, 0.1) is 6.61 Å². The number of rotatable bonds is 5. The highest BCUT2D eigenvalue weighted by Gasteiger charge is 2.62. The van der Waals surface area contributed by atoms with Gasteiger partial charge in [-0.1, -0.05) is 30.3 Å². The second kappa shape index (κ2) is 8.09. The van der Waals surface area contributed by atoms with Crippen molar-refractivity contribution in [2.75, 3.05) is 11.9 Å². The van der Waals surface area contributed by atoms with Gasteiger partial charge in [-0.3, -0.25) is 5.32 Å². The molecule has 0 unspecified atom stereocenters. The number of hydrogen-bond acceptors (Lipinski definition) is 5. The molecule has 0 aliphatic rings. The van der Waals surface area contributed by atoms with Crippen LogP contribution < -0.4 is 10.1 Å². The van der Waals surface area contributed by atoms with E-state index < -0.39 is 29.4 Å². The monoisotopic (exact) mass is 383 g/mol. The van der Waals surface area contributed by atoms with Gasteiger partial charge in [0.15, 0.2) is 0 Å². The lowest BCUT2D eigenvalue weighted by molar-refractivity contribution is -0.267. The van der Waals surface area contributed by atoms with Crippen LogP contribution >= 0.6 is 0 Å². The van der Waals surface area contributed by atoms with Crippen molar-refractivity contribution < 1.29 is 37.3 Å². The molecule has 0 aliphatic heterocycles. The molecule has 2 aromatic carbocycles. The van der Waals surface area contributed by atoms with E-state index in [1.54, 1.807) is 30.3 Å². The van der Waals surface area contributed by atoms with E-state index in [9.17, 15) is 27.9 Å². The van der Waals surface area contributed by atoms with Gasteiger partial charge in [0.1, 0.15) is 5.75 Å². The molecule has 0 saturated heterocycles. The number of halogens is 3. The van der Waals surface area contributed by atoms with Crippen molar-refractivity contribution in [2.45, 2.75) is 18.7 Å². The lowest BCUT2D eigenvalue weighted by Gasteiger charge is -2.28. The molecule has 144 valence electrons. The topological polar surface area (TPSA) is 84.9 Å². The average Bonchev–Trinajstić information content (AvgIpc) is 2.61. The molecule has 0 spiro atoms. The van der Waals surface area contributed by atoms with Gasteiger partial charge in [-0.05, 0) is 31.2 Å². The van der Waals surface area contributed by atoms with Crippen LogP contribution in [0.3, 0.4) is 0 Å². The summed E-state index contributed by atoms with van der Waals surface area (Å²) in [5.74, 6) is -1.55. The summed E-state index contributed by atoms with van der Waals surface area (Å²) in [6, 6.07) is 12.1. The average molecular weight is 383 g/mol. The highest BCUT2D eigenvalue weighted by atomic mass is 19.4. The highest BCUT2D eigenvalue weighted by Crippen LogP contribution is 2.40. The van der Waals surface area contributed by atoms with E-state index in [1.165, 1.54) is 6.92 Å². The molecule has 2 N–H and O–H groups in total. The van der Waals surface area contributed by atoms with Crippen LogP contribution in [0.25, 0.3) is 0 Å². The maximum Gasteiger partial charge on any atom is 0.432 e. The zero-order chi connectivity index (χ0) is 20.1. The van der Waals surface area contributed by atoms with Crippen LogP contribution in [0.4, 0.5) is 23.7 Å². The van der Waals surface area contributed by atoms with E-state index in [2.05, 4.69) is 10.1 Å². The molecule has 27 heavy (non-hydrogen) atoms. The number of esters is 1. The van der Waals surface area contributed by atoms with Crippen molar-refractivity contribution in [1.82, 2.24) is 0 Å². The number of amides is 1. The van der Waals surface area contributed by atoms with Gasteiger partial charge < -0.3 is 14.6 Å². The summed E-state index contributed by atoms with van der Waals surface area (Å²) in [5.41, 5.74) is -4.45. The number of carbonyl (C=O) groups excluding carboxylic acids is 2. The fraction of sp³-hybridized carbons (Fsp3) is 0.222. The minimum Gasteiger partial charge on any atom is -0.463 e. The van der Waals surface area contributed by atoms with Gasteiger partial charge in [-0.15, -0.1) is 0 Å². The Balaban J connectivity index is 2.17. The van der Waals surface area contributed by atoms with E-state index >= 15 is 0 Å². The standard InChI is InChI=1S/C18H16F3NO5/c1-2-26-15(23)17(25,18(19,20)21)12-8-10-13(11-9-12)22-16(24)27-14-6-4-3-5-7-14/h3-11,25H,2H2,1H3,(H,22,24)/t17-/m1/s1. The summed E-state index contributed by atoms with van der Waals surface area (Å²) in [7, 11) is 0. The van der Waals surface area contributed by atoms with E-state index in [4.69, 9.17) is 4.74 Å². The molecule has 6 nitrogen and oxygen atoms in total. The molecule has 1 amide bonds. The van der Waals surface area contributed by atoms with Gasteiger partial charge in [0.25, 0.3) is 5.60 Å². The van der Waals surface area contributed by atoms with E-state index in [0.29, 0.717) is 0 Å². The van der Waals surface area contributed by atoms with Crippen LogP contribution in [0.5, 0.6) is 5.75 Å². The van der Waals surface area contributed by atoms with Crippen molar-refractivity contribution >= 4 is 17.7 Å². The summed E-state index contributed by atoms with van der Waals surface area (Å²) in [4.78, 5) is 23.5. The molecule has 0 fully saturated rings. The number of carbonyl (C=O) groups is 2. The number of anilines is 1. The second-order valence-electron chi connectivity index (χ2n) is 5.33. The Bertz CT molecular complexity index is 793. The minimum atomic E-state index is -5.29. The fourth-order valence-electron chi connectivity index (χ4n) is 2.17. The van der Waals surface area contributed by atoms with Gasteiger partial charge in [0.2, 0.25) is 0 Å². The first-order valence-corrected chi connectivity index (χ1v) is 7.79. The van der Waals surface area contributed by atoms with Gasteiger partial charge in [-0.25, -0.2) is 9.59 Å². The Hall–Kier alpha value is -3.07. The SMILES string of the molecule is CCOC(=O)[C@](O)(c1ccc(NC(=O)Oc2ccccc2)cc1)C(F)(F)F. The van der Waals surface area contributed by atoms with Crippen LogP contribution in [0.1, 0.15) is 12.5 Å². The Kier molecular flexibility index (Phi) is 6.06. The van der Waals surface area contributed by atoms with Gasteiger partial charge in [0, 0.05) is 11.3 Å². The third-order valence-corrected chi connectivity index (χ3v) is 3.48. The minimum absolute atomic E-state index is 0.105. The zero-order valence-corrected chi connectivity index (χ0v) is 14.1. The van der Waals surface area contributed by atoms with Crippen LogP contribution in [-0.2, 0) is 15.1 Å². The second-order valence-corrected chi connectivity index (χ2v) is 5.33. The number of alkyl halides is 3. The predicted octanol–water partition coefficient (Wildman–Crippen LogP) is 3.61. The summed E-state index contributed by atoms with van der Waals surface area (Å²) in [6.45, 7) is 0.988. The number of benzene rings is 2. The van der Waals surface area contributed by atoms with Crippen LogP contribution in [0, 0.1) is 0 Å². The predicted molar refractivity (Wildman–Crippen MR) is 89.1 cm³/mol. The third kappa shape index (κ3) is 4.56. The molecule has 0 bridgehead atoms. The van der Waals surface area contributed by atoms with E-state index in [0.717, 1.165) is 24.3 Å². The molecular weight excluding hydrogens is 367 g/mol. The summed E-state index contributed by atoms with van der Waals surface area (Å²) < 4.78 is 49.2. The molecule has 2 rings (SSSR count). The molecule has 0 saturated carbocycles. The molecule has 0 aromatic heterocycles. The smallest absolute Gasteiger partial charge is 0.432 e. The summed E-state index contributed by atoms with van der Waals surface area (Å²) in [5, 5.41) is 12.3. The molecule has 9 heteroatoms. The summed E-state index contributed by atoms with van der Waals surface area (Å²) >= 11 is 0. The number of aliphatic hydroxyl groups is 1. The quantitative estimate of drug-likeness (QED) is 0.771. The highest BCUT2D eigenvalue weighted by molar-refractivity contribution is 5.87. The van der Waals surface area contributed by atoms with Crippen molar-refractivity contribution in [3.05, 3.63) is 60.2 Å². The first-order chi connectivity index (χ1) is 12.7. The summed E-state index contributed by atoms with van der Waals surface area (Å²) in [6.07, 6.45) is -6.15. The van der Waals surface area contributed by atoms with Crippen LogP contribution in [-0.4, -0.2) is 30.0 Å². The van der Waals surface area contributed by atoms with E-state index in [1.807, 2.05) is 0 Å². The maximum absolute atomic E-state index is 13.3.